The Labute approximate surface area is 304 Å². The van der Waals surface area contributed by atoms with Crippen molar-refractivity contribution in [1.82, 2.24) is 0 Å². The molecule has 2 aliphatic rings. The normalized spacial score (nSPS) is 15.0. The molecular weight excluding hydrogens is 654 g/mol. The van der Waals surface area contributed by atoms with E-state index in [1.807, 2.05) is 0 Å². The highest BCUT2D eigenvalue weighted by Gasteiger charge is 2.28. The molecule has 4 aromatic carbocycles. The minimum atomic E-state index is -0.0991. The maximum Gasteiger partial charge on any atom is 0.123 e. The van der Waals surface area contributed by atoms with Crippen molar-refractivity contribution in [1.29, 1.82) is 0 Å². The van der Waals surface area contributed by atoms with Gasteiger partial charge in [-0.1, -0.05) is 53.7 Å². The second-order valence-corrected chi connectivity index (χ2v) is 17.7. The van der Waals surface area contributed by atoms with Gasteiger partial charge in [-0.25, -0.2) is 0 Å². The van der Waals surface area contributed by atoms with E-state index < -0.39 is 0 Å². The average molecular weight is 711 g/mol. The Balaban J connectivity index is 1.39. The van der Waals surface area contributed by atoms with E-state index in [2.05, 4.69) is 102 Å². The molecule has 0 saturated heterocycles. The third-order valence-electron chi connectivity index (χ3n) is 10.3. The Morgan fingerprint density at radius 3 is 1.22 bits per heavy atom. The van der Waals surface area contributed by atoms with Crippen LogP contribution in [0.4, 0.5) is 0 Å². The van der Waals surface area contributed by atoms with Crippen LogP contribution in [0.1, 0.15) is 112 Å². The standard InChI is InChI=1S/C44H56O4P2/c1-43(2,3)41-25-35(45-7)23-37(39(41)27-49-47-33-19-17-29-13-9-11-15-31(29)21-33)38-24-36(46-8)26-42(44(4,5)6)40(38)28-50-48-34-20-18-30-14-10-12-16-32(30)22-34/h17-26,49-50H,9-16,27-28H2,1-8H3. The second kappa shape index (κ2) is 15.7. The van der Waals surface area contributed by atoms with E-state index in [0.29, 0.717) is 0 Å². The highest BCUT2D eigenvalue weighted by atomic mass is 31.1. The highest BCUT2D eigenvalue weighted by molar-refractivity contribution is 7.32. The van der Waals surface area contributed by atoms with Gasteiger partial charge in [0, 0.05) is 12.3 Å². The quantitative estimate of drug-likeness (QED) is 0.145. The number of rotatable bonds is 11. The zero-order valence-corrected chi connectivity index (χ0v) is 33.5. The van der Waals surface area contributed by atoms with E-state index in [4.69, 9.17) is 18.5 Å². The molecule has 4 nitrogen and oxygen atoms in total. The molecule has 0 radical (unpaired) electrons. The van der Waals surface area contributed by atoms with Gasteiger partial charge in [-0.05, 0) is 166 Å². The van der Waals surface area contributed by atoms with Crippen molar-refractivity contribution in [3.8, 4) is 34.1 Å². The molecule has 266 valence electrons. The summed E-state index contributed by atoms with van der Waals surface area (Å²) in [5, 5.41) is 0. The fourth-order valence-corrected chi connectivity index (χ4v) is 9.44. The summed E-state index contributed by atoms with van der Waals surface area (Å²) in [5.41, 5.74) is 13.2. The zero-order chi connectivity index (χ0) is 35.5. The predicted molar refractivity (Wildman–Crippen MR) is 214 cm³/mol. The van der Waals surface area contributed by atoms with Gasteiger partial charge in [-0.3, -0.25) is 0 Å². The van der Waals surface area contributed by atoms with Gasteiger partial charge in [0.1, 0.15) is 23.0 Å². The SMILES string of the molecule is COc1cc(-c2cc(OC)cc(C(C)(C)C)c2CPOc2ccc3c(c2)CCCC3)c(CPOc2ccc3c(c2)CCCC3)c(C(C)(C)C)c1. The lowest BCUT2D eigenvalue weighted by atomic mass is 9.78. The van der Waals surface area contributed by atoms with Crippen LogP contribution in [-0.4, -0.2) is 14.2 Å². The first-order valence-corrected chi connectivity index (χ1v) is 20.6. The largest absolute Gasteiger partial charge is 0.497 e. The lowest BCUT2D eigenvalue weighted by molar-refractivity contribution is 0.411. The number of fused-ring (bicyclic) bond motifs is 2. The first-order chi connectivity index (χ1) is 23.9. The van der Waals surface area contributed by atoms with E-state index in [-0.39, 0.29) is 28.4 Å². The molecule has 0 aliphatic heterocycles. The van der Waals surface area contributed by atoms with Crippen molar-refractivity contribution in [3.63, 3.8) is 0 Å². The summed E-state index contributed by atoms with van der Waals surface area (Å²) < 4.78 is 25.1. The zero-order valence-electron chi connectivity index (χ0n) is 31.5. The molecule has 0 spiro atoms. The fourth-order valence-electron chi connectivity index (χ4n) is 7.66. The Bertz CT molecular complexity index is 1680. The smallest absolute Gasteiger partial charge is 0.123 e. The van der Waals surface area contributed by atoms with Crippen molar-refractivity contribution < 1.29 is 18.5 Å². The summed E-state index contributed by atoms with van der Waals surface area (Å²) in [7, 11) is 4.11. The molecule has 0 fully saturated rings. The molecule has 6 rings (SSSR count). The molecule has 0 saturated carbocycles. The topological polar surface area (TPSA) is 36.9 Å². The predicted octanol–water partition coefficient (Wildman–Crippen LogP) is 12.1. The van der Waals surface area contributed by atoms with E-state index >= 15 is 0 Å². The van der Waals surface area contributed by atoms with Crippen molar-refractivity contribution in [2.45, 2.75) is 116 Å². The Hall–Kier alpha value is -3.06. The Morgan fingerprint density at radius 2 is 0.860 bits per heavy atom. The van der Waals surface area contributed by atoms with Crippen LogP contribution in [0.5, 0.6) is 23.0 Å². The second-order valence-electron chi connectivity index (χ2n) is 16.0. The van der Waals surface area contributed by atoms with E-state index in [1.54, 1.807) is 14.2 Å². The maximum atomic E-state index is 6.55. The van der Waals surface area contributed by atoms with Gasteiger partial charge in [0.05, 0.1) is 31.8 Å². The average Bonchev–Trinajstić information content (AvgIpc) is 3.10. The monoisotopic (exact) mass is 710 g/mol. The summed E-state index contributed by atoms with van der Waals surface area (Å²) in [6.07, 6.45) is 11.4. The third-order valence-corrected chi connectivity index (χ3v) is 12.1. The van der Waals surface area contributed by atoms with Crippen molar-refractivity contribution >= 4 is 17.6 Å². The highest BCUT2D eigenvalue weighted by Crippen LogP contribution is 2.46. The van der Waals surface area contributed by atoms with Crippen molar-refractivity contribution in [2.75, 3.05) is 14.2 Å². The number of ether oxygens (including phenoxy) is 2. The van der Waals surface area contributed by atoms with Gasteiger partial charge in [0.25, 0.3) is 0 Å². The van der Waals surface area contributed by atoms with Crippen LogP contribution in [0.15, 0.2) is 60.7 Å². The Kier molecular flexibility index (Phi) is 11.5. The molecule has 6 heteroatoms. The summed E-state index contributed by atoms with van der Waals surface area (Å²) in [5.74, 6) is 3.70. The molecule has 0 aromatic heterocycles. The lowest BCUT2D eigenvalue weighted by Crippen LogP contribution is -2.17. The van der Waals surface area contributed by atoms with Crippen LogP contribution in [0.25, 0.3) is 11.1 Å². The van der Waals surface area contributed by atoms with E-state index in [0.717, 1.165) is 48.2 Å². The van der Waals surface area contributed by atoms with Gasteiger partial charge < -0.3 is 18.5 Å². The Morgan fingerprint density at radius 1 is 0.480 bits per heavy atom. The molecule has 2 atom stereocenters. The van der Waals surface area contributed by atoms with Crippen LogP contribution < -0.4 is 18.5 Å². The third kappa shape index (κ3) is 8.52. The number of hydrogen-bond acceptors (Lipinski definition) is 4. The van der Waals surface area contributed by atoms with E-state index in [1.165, 1.54) is 94.2 Å². The van der Waals surface area contributed by atoms with Crippen LogP contribution in [0, 0.1) is 0 Å². The van der Waals surface area contributed by atoms with Crippen LogP contribution in [0.3, 0.4) is 0 Å². The maximum absolute atomic E-state index is 6.55. The molecule has 0 N–H and O–H groups in total. The number of benzene rings is 4. The summed E-state index contributed by atoms with van der Waals surface area (Å²) >= 11 is 0. The van der Waals surface area contributed by atoms with Crippen LogP contribution >= 0.6 is 17.6 Å². The number of aryl methyl sites for hydroxylation is 4. The van der Waals surface area contributed by atoms with Gasteiger partial charge in [0.15, 0.2) is 0 Å². The van der Waals surface area contributed by atoms with Crippen molar-refractivity contribution in [2.24, 2.45) is 0 Å². The molecular formula is C44H56O4P2. The fraction of sp³-hybridized carbons (Fsp3) is 0.455. The number of hydrogen-bond donors (Lipinski definition) is 0. The molecule has 2 aliphatic carbocycles. The van der Waals surface area contributed by atoms with Crippen LogP contribution in [0.2, 0.25) is 0 Å². The van der Waals surface area contributed by atoms with E-state index in [9.17, 15) is 0 Å². The van der Waals surface area contributed by atoms with Crippen molar-refractivity contribution in [3.05, 3.63) is 105 Å². The molecule has 0 bridgehead atoms. The summed E-state index contributed by atoms with van der Waals surface area (Å²) in [4.78, 5) is 0. The lowest BCUT2D eigenvalue weighted by Gasteiger charge is -2.30. The van der Waals surface area contributed by atoms with Gasteiger partial charge in [-0.15, -0.1) is 0 Å². The summed E-state index contributed by atoms with van der Waals surface area (Å²) in [6.45, 7) is 13.8. The molecule has 4 aromatic rings. The molecule has 50 heavy (non-hydrogen) atoms. The van der Waals surface area contributed by atoms with Gasteiger partial charge >= 0.3 is 0 Å². The molecule has 0 amide bonds. The minimum absolute atomic E-state index is 0.0991. The summed E-state index contributed by atoms with van der Waals surface area (Å²) in [6, 6.07) is 22.3. The number of methoxy groups -OCH3 is 2. The molecule has 2 unspecified atom stereocenters. The minimum Gasteiger partial charge on any atom is -0.497 e. The first-order valence-electron chi connectivity index (χ1n) is 18.4. The molecule has 0 heterocycles. The van der Waals surface area contributed by atoms with Gasteiger partial charge in [-0.2, -0.15) is 0 Å². The van der Waals surface area contributed by atoms with Gasteiger partial charge in [0.2, 0.25) is 0 Å². The van der Waals surface area contributed by atoms with Crippen LogP contribution in [-0.2, 0) is 48.8 Å². The first kappa shape index (κ1) is 36.7.